The molecule has 0 heterocycles. The molecule has 86 valence electrons. The van der Waals surface area contributed by atoms with E-state index in [-0.39, 0.29) is 0 Å². The standard InChI is InChI=1S/C14H13NO2/c1-17-14-7-3-5-12(9-14)11-4-2-6-13(8-11)15-10-16/h2-10H,1H3,(H,15,16). The van der Waals surface area contributed by atoms with Gasteiger partial charge in [-0.3, -0.25) is 4.79 Å². The lowest BCUT2D eigenvalue weighted by molar-refractivity contribution is -0.105. The van der Waals surface area contributed by atoms with Gasteiger partial charge < -0.3 is 10.1 Å². The summed E-state index contributed by atoms with van der Waals surface area (Å²) in [5.74, 6) is 0.816. The van der Waals surface area contributed by atoms with Crippen molar-refractivity contribution in [2.24, 2.45) is 0 Å². The molecule has 1 amide bonds. The van der Waals surface area contributed by atoms with Crippen molar-refractivity contribution in [1.29, 1.82) is 0 Å². The van der Waals surface area contributed by atoms with E-state index in [1.165, 1.54) is 0 Å². The van der Waals surface area contributed by atoms with E-state index in [2.05, 4.69) is 5.32 Å². The van der Waals surface area contributed by atoms with Crippen molar-refractivity contribution in [2.45, 2.75) is 0 Å². The summed E-state index contributed by atoms with van der Waals surface area (Å²) in [6.45, 7) is 0. The molecule has 3 heteroatoms. The van der Waals surface area contributed by atoms with Gasteiger partial charge in [-0.1, -0.05) is 24.3 Å². The minimum Gasteiger partial charge on any atom is -0.497 e. The maximum Gasteiger partial charge on any atom is 0.211 e. The molecule has 2 rings (SSSR count). The van der Waals surface area contributed by atoms with Crippen LogP contribution in [0.4, 0.5) is 5.69 Å². The lowest BCUT2D eigenvalue weighted by Crippen LogP contribution is -1.93. The molecule has 0 saturated carbocycles. The first-order chi connectivity index (χ1) is 8.33. The Morgan fingerprint density at radius 2 is 1.76 bits per heavy atom. The maximum absolute atomic E-state index is 10.4. The van der Waals surface area contributed by atoms with Crippen LogP contribution in [0.2, 0.25) is 0 Å². The third-order valence-corrected chi connectivity index (χ3v) is 2.49. The number of rotatable bonds is 4. The molecule has 17 heavy (non-hydrogen) atoms. The summed E-state index contributed by atoms with van der Waals surface area (Å²) < 4.78 is 5.18. The van der Waals surface area contributed by atoms with E-state index in [0.717, 1.165) is 22.6 Å². The lowest BCUT2D eigenvalue weighted by Gasteiger charge is -2.06. The van der Waals surface area contributed by atoms with E-state index in [4.69, 9.17) is 4.74 Å². The molecule has 0 saturated heterocycles. The van der Waals surface area contributed by atoms with Gasteiger partial charge >= 0.3 is 0 Å². The Kier molecular flexibility index (Phi) is 3.40. The van der Waals surface area contributed by atoms with E-state index in [1.807, 2.05) is 48.5 Å². The van der Waals surface area contributed by atoms with Crippen LogP contribution in [0.3, 0.4) is 0 Å². The highest BCUT2D eigenvalue weighted by atomic mass is 16.5. The van der Waals surface area contributed by atoms with Gasteiger partial charge in [-0.05, 0) is 35.4 Å². The molecule has 2 aromatic carbocycles. The number of hydrogen-bond acceptors (Lipinski definition) is 2. The highest BCUT2D eigenvalue weighted by Crippen LogP contribution is 2.25. The Morgan fingerprint density at radius 1 is 1.06 bits per heavy atom. The summed E-state index contributed by atoms with van der Waals surface area (Å²) in [7, 11) is 1.64. The van der Waals surface area contributed by atoms with Crippen LogP contribution in [0.5, 0.6) is 5.75 Å². The van der Waals surface area contributed by atoms with Gasteiger partial charge in [0.15, 0.2) is 0 Å². The van der Waals surface area contributed by atoms with Gasteiger partial charge in [-0.25, -0.2) is 0 Å². The minimum atomic E-state index is 0.671. The molecule has 0 fully saturated rings. The summed E-state index contributed by atoms with van der Waals surface area (Å²) in [4.78, 5) is 10.4. The van der Waals surface area contributed by atoms with Crippen molar-refractivity contribution in [3.63, 3.8) is 0 Å². The highest BCUT2D eigenvalue weighted by Gasteiger charge is 2.00. The van der Waals surface area contributed by atoms with Crippen molar-refractivity contribution in [1.82, 2.24) is 0 Å². The molecule has 0 aliphatic heterocycles. The summed E-state index contributed by atoms with van der Waals surface area (Å²) >= 11 is 0. The number of carbonyl (C=O) groups excluding carboxylic acids is 1. The van der Waals surface area contributed by atoms with Crippen molar-refractivity contribution < 1.29 is 9.53 Å². The molecule has 2 aromatic rings. The SMILES string of the molecule is COc1cccc(-c2cccc(NC=O)c2)c1. The Hall–Kier alpha value is -2.29. The largest absolute Gasteiger partial charge is 0.497 e. The van der Waals surface area contributed by atoms with Crippen LogP contribution in [0.25, 0.3) is 11.1 Å². The molecule has 0 aliphatic rings. The fraction of sp³-hybridized carbons (Fsp3) is 0.0714. The van der Waals surface area contributed by atoms with Gasteiger partial charge in [-0.2, -0.15) is 0 Å². The topological polar surface area (TPSA) is 38.3 Å². The summed E-state index contributed by atoms with van der Waals surface area (Å²) in [6, 6.07) is 15.5. The Balaban J connectivity index is 2.37. The lowest BCUT2D eigenvalue weighted by atomic mass is 10.0. The monoisotopic (exact) mass is 227 g/mol. The molecular weight excluding hydrogens is 214 g/mol. The van der Waals surface area contributed by atoms with E-state index >= 15 is 0 Å². The first-order valence-corrected chi connectivity index (χ1v) is 5.28. The zero-order valence-electron chi connectivity index (χ0n) is 9.51. The number of ether oxygens (including phenoxy) is 1. The quantitative estimate of drug-likeness (QED) is 0.815. The number of nitrogens with one attached hydrogen (secondary N) is 1. The fourth-order valence-corrected chi connectivity index (χ4v) is 1.66. The Labute approximate surface area is 100 Å². The van der Waals surface area contributed by atoms with Gasteiger partial charge in [-0.15, -0.1) is 0 Å². The number of anilines is 1. The zero-order valence-corrected chi connectivity index (χ0v) is 9.51. The third-order valence-electron chi connectivity index (χ3n) is 2.49. The number of hydrogen-bond donors (Lipinski definition) is 1. The maximum atomic E-state index is 10.4. The van der Waals surface area contributed by atoms with Crippen molar-refractivity contribution in [3.8, 4) is 16.9 Å². The molecule has 0 aliphatic carbocycles. The average Bonchev–Trinajstić information content (AvgIpc) is 2.40. The number of carbonyl (C=O) groups is 1. The van der Waals surface area contributed by atoms with Gasteiger partial charge in [0.25, 0.3) is 0 Å². The van der Waals surface area contributed by atoms with E-state index in [9.17, 15) is 4.79 Å². The third kappa shape index (κ3) is 2.64. The zero-order chi connectivity index (χ0) is 12.1. The molecular formula is C14H13NO2. The molecule has 0 atom stereocenters. The molecule has 3 nitrogen and oxygen atoms in total. The number of amides is 1. The normalized spacial score (nSPS) is 9.71. The van der Waals surface area contributed by atoms with Crippen LogP contribution in [0.1, 0.15) is 0 Å². The predicted octanol–water partition coefficient (Wildman–Crippen LogP) is 2.93. The second-order valence-corrected chi connectivity index (χ2v) is 3.57. The Bertz CT molecular complexity index is 523. The molecule has 0 unspecified atom stereocenters. The summed E-state index contributed by atoms with van der Waals surface area (Å²) in [5, 5.41) is 2.63. The number of methoxy groups -OCH3 is 1. The van der Waals surface area contributed by atoms with E-state index in [1.54, 1.807) is 7.11 Å². The van der Waals surface area contributed by atoms with Crippen LogP contribution < -0.4 is 10.1 Å². The van der Waals surface area contributed by atoms with Crippen LogP contribution in [0, 0.1) is 0 Å². The average molecular weight is 227 g/mol. The second-order valence-electron chi connectivity index (χ2n) is 3.57. The fourth-order valence-electron chi connectivity index (χ4n) is 1.66. The molecule has 0 aromatic heterocycles. The molecule has 1 N–H and O–H groups in total. The first-order valence-electron chi connectivity index (χ1n) is 5.28. The van der Waals surface area contributed by atoms with Crippen LogP contribution in [-0.4, -0.2) is 13.5 Å². The minimum absolute atomic E-state index is 0.671. The van der Waals surface area contributed by atoms with Crippen molar-refractivity contribution in [2.75, 3.05) is 12.4 Å². The smallest absolute Gasteiger partial charge is 0.211 e. The van der Waals surface area contributed by atoms with E-state index in [0.29, 0.717) is 6.41 Å². The highest BCUT2D eigenvalue weighted by molar-refractivity contribution is 5.76. The van der Waals surface area contributed by atoms with Gasteiger partial charge in [0.2, 0.25) is 6.41 Å². The van der Waals surface area contributed by atoms with Gasteiger partial charge in [0.1, 0.15) is 5.75 Å². The van der Waals surface area contributed by atoms with E-state index < -0.39 is 0 Å². The molecule has 0 radical (unpaired) electrons. The van der Waals surface area contributed by atoms with Crippen LogP contribution in [0.15, 0.2) is 48.5 Å². The first kappa shape index (κ1) is 11.2. The second kappa shape index (κ2) is 5.16. The summed E-state index contributed by atoms with van der Waals surface area (Å²) in [5.41, 5.74) is 2.87. The number of benzene rings is 2. The predicted molar refractivity (Wildman–Crippen MR) is 68.1 cm³/mol. The molecule has 0 spiro atoms. The van der Waals surface area contributed by atoms with Crippen molar-refractivity contribution in [3.05, 3.63) is 48.5 Å². The van der Waals surface area contributed by atoms with Crippen LogP contribution >= 0.6 is 0 Å². The van der Waals surface area contributed by atoms with Crippen LogP contribution in [-0.2, 0) is 4.79 Å². The Morgan fingerprint density at radius 3 is 2.47 bits per heavy atom. The molecule has 0 bridgehead atoms. The summed E-state index contributed by atoms with van der Waals surface area (Å²) in [6.07, 6.45) is 0.671. The van der Waals surface area contributed by atoms with Gasteiger partial charge in [0.05, 0.1) is 7.11 Å². The van der Waals surface area contributed by atoms with Crippen molar-refractivity contribution >= 4 is 12.1 Å². The van der Waals surface area contributed by atoms with Gasteiger partial charge in [0, 0.05) is 5.69 Å².